The van der Waals surface area contributed by atoms with E-state index in [1.54, 1.807) is 0 Å². The third kappa shape index (κ3) is 3.87. The van der Waals surface area contributed by atoms with E-state index in [0.717, 1.165) is 25.1 Å². The molecule has 106 valence electrons. The van der Waals surface area contributed by atoms with Crippen LogP contribution in [0.3, 0.4) is 0 Å². The average molecular weight is 283 g/mol. The first kappa shape index (κ1) is 15.8. The molecule has 1 aromatic carbocycles. The maximum atomic E-state index is 12.0. The Labute approximate surface area is 121 Å². The molecular formula is C15H23ClN2O. The Hall–Kier alpha value is -1.22. The van der Waals surface area contributed by atoms with Crippen LogP contribution < -0.4 is 10.6 Å². The second-order valence-corrected chi connectivity index (χ2v) is 5.42. The van der Waals surface area contributed by atoms with E-state index in [1.807, 2.05) is 13.0 Å². The first-order chi connectivity index (χ1) is 8.58. The molecule has 0 radical (unpaired) electrons. The Morgan fingerprint density at radius 3 is 2.74 bits per heavy atom. The van der Waals surface area contributed by atoms with Crippen LogP contribution in [0.5, 0.6) is 0 Å². The highest BCUT2D eigenvalue weighted by Crippen LogP contribution is 2.25. The van der Waals surface area contributed by atoms with Crippen LogP contribution in [0.4, 0.5) is 11.4 Å². The minimum atomic E-state index is 0. The minimum absolute atomic E-state index is 0. The Bertz CT molecular complexity index is 446. The summed E-state index contributed by atoms with van der Waals surface area (Å²) in [5, 5.41) is 6.38. The monoisotopic (exact) mass is 282 g/mol. The molecule has 19 heavy (non-hydrogen) atoms. The third-order valence-electron chi connectivity index (χ3n) is 3.72. The van der Waals surface area contributed by atoms with Crippen molar-refractivity contribution in [2.75, 3.05) is 17.2 Å². The molecule has 0 aliphatic carbocycles. The van der Waals surface area contributed by atoms with Gasteiger partial charge in [0, 0.05) is 23.8 Å². The molecule has 2 N–H and O–H groups in total. The molecule has 1 unspecified atom stereocenters. The van der Waals surface area contributed by atoms with Crippen molar-refractivity contribution in [3.63, 3.8) is 0 Å². The summed E-state index contributed by atoms with van der Waals surface area (Å²) in [5.74, 6) is 0.511. The predicted octanol–water partition coefficient (Wildman–Crippen LogP) is 3.70. The average Bonchev–Trinajstić information content (AvgIpc) is 2.37. The van der Waals surface area contributed by atoms with Gasteiger partial charge in [-0.05, 0) is 42.5 Å². The summed E-state index contributed by atoms with van der Waals surface area (Å²) < 4.78 is 0. The first-order valence-corrected chi connectivity index (χ1v) is 6.75. The van der Waals surface area contributed by atoms with E-state index in [9.17, 15) is 4.79 Å². The van der Waals surface area contributed by atoms with E-state index < -0.39 is 0 Å². The summed E-state index contributed by atoms with van der Waals surface area (Å²) in [6.07, 6.45) is 2.25. The lowest BCUT2D eigenvalue weighted by Crippen LogP contribution is -2.24. The number of carbonyl (C=O) groups is 1. The van der Waals surface area contributed by atoms with Crippen molar-refractivity contribution >= 4 is 29.7 Å². The van der Waals surface area contributed by atoms with E-state index in [1.165, 1.54) is 11.3 Å². The number of carbonyl (C=O) groups excluding carboxylic acids is 1. The molecule has 0 saturated carbocycles. The Morgan fingerprint density at radius 2 is 2.05 bits per heavy atom. The van der Waals surface area contributed by atoms with Crippen LogP contribution in [-0.4, -0.2) is 12.5 Å². The van der Waals surface area contributed by atoms with Crippen molar-refractivity contribution in [2.45, 2.75) is 33.6 Å². The maximum absolute atomic E-state index is 12.0. The predicted molar refractivity (Wildman–Crippen MR) is 83.1 cm³/mol. The van der Waals surface area contributed by atoms with Crippen LogP contribution in [0.25, 0.3) is 0 Å². The summed E-state index contributed by atoms with van der Waals surface area (Å²) in [6.45, 7) is 7.16. The number of hydrogen-bond acceptors (Lipinski definition) is 2. The molecule has 0 aromatic heterocycles. The number of amides is 1. The van der Waals surface area contributed by atoms with Gasteiger partial charge >= 0.3 is 0 Å². The lowest BCUT2D eigenvalue weighted by atomic mass is 9.97. The highest BCUT2D eigenvalue weighted by molar-refractivity contribution is 5.92. The maximum Gasteiger partial charge on any atom is 0.227 e. The van der Waals surface area contributed by atoms with Gasteiger partial charge < -0.3 is 10.6 Å². The molecule has 1 aromatic rings. The van der Waals surface area contributed by atoms with Crippen LogP contribution in [0.2, 0.25) is 0 Å². The topological polar surface area (TPSA) is 41.1 Å². The molecule has 1 atom stereocenters. The van der Waals surface area contributed by atoms with Gasteiger partial charge in [-0.1, -0.05) is 20.8 Å². The molecule has 4 heteroatoms. The van der Waals surface area contributed by atoms with E-state index in [2.05, 4.69) is 36.6 Å². The van der Waals surface area contributed by atoms with E-state index in [0.29, 0.717) is 5.92 Å². The van der Waals surface area contributed by atoms with Crippen molar-refractivity contribution in [2.24, 2.45) is 11.8 Å². The van der Waals surface area contributed by atoms with Crippen LogP contribution in [0.15, 0.2) is 18.2 Å². The molecule has 1 aliphatic rings. The number of hydrogen-bond donors (Lipinski definition) is 2. The summed E-state index contributed by atoms with van der Waals surface area (Å²) in [4.78, 5) is 12.0. The number of anilines is 2. The van der Waals surface area contributed by atoms with Crippen LogP contribution in [0, 0.1) is 11.8 Å². The molecule has 2 rings (SSSR count). The highest BCUT2D eigenvalue weighted by Gasteiger charge is 2.17. The fourth-order valence-electron chi connectivity index (χ4n) is 2.11. The summed E-state index contributed by atoms with van der Waals surface area (Å²) in [7, 11) is 0. The summed E-state index contributed by atoms with van der Waals surface area (Å²) in [6, 6.07) is 6.12. The smallest absolute Gasteiger partial charge is 0.227 e. The van der Waals surface area contributed by atoms with Gasteiger partial charge in [-0.2, -0.15) is 0 Å². The zero-order valence-corrected chi connectivity index (χ0v) is 12.6. The minimum Gasteiger partial charge on any atom is -0.385 e. The van der Waals surface area contributed by atoms with Gasteiger partial charge in [-0.3, -0.25) is 4.79 Å². The summed E-state index contributed by atoms with van der Waals surface area (Å²) in [5.41, 5.74) is 3.42. The molecule has 1 heterocycles. The normalized spacial score (nSPS) is 14.9. The Kier molecular flexibility index (Phi) is 5.67. The fourth-order valence-corrected chi connectivity index (χ4v) is 2.11. The number of benzene rings is 1. The van der Waals surface area contributed by atoms with Crippen molar-refractivity contribution < 1.29 is 4.79 Å². The van der Waals surface area contributed by atoms with Crippen molar-refractivity contribution in [1.29, 1.82) is 0 Å². The lowest BCUT2D eigenvalue weighted by molar-refractivity contribution is -0.120. The molecular weight excluding hydrogens is 260 g/mol. The Morgan fingerprint density at radius 1 is 1.32 bits per heavy atom. The fraction of sp³-hybridized carbons (Fsp3) is 0.533. The Balaban J connectivity index is 0.00000180. The van der Waals surface area contributed by atoms with Crippen LogP contribution >= 0.6 is 12.4 Å². The number of halogens is 1. The van der Waals surface area contributed by atoms with Gasteiger partial charge in [-0.15, -0.1) is 12.4 Å². The van der Waals surface area contributed by atoms with E-state index in [4.69, 9.17) is 0 Å². The van der Waals surface area contributed by atoms with Crippen molar-refractivity contribution in [1.82, 2.24) is 0 Å². The van der Waals surface area contributed by atoms with E-state index in [-0.39, 0.29) is 24.2 Å². The second-order valence-electron chi connectivity index (χ2n) is 5.42. The molecule has 0 bridgehead atoms. The lowest BCUT2D eigenvalue weighted by Gasteiger charge is -2.20. The molecule has 1 aliphatic heterocycles. The number of aryl methyl sites for hydroxylation is 1. The summed E-state index contributed by atoms with van der Waals surface area (Å²) >= 11 is 0. The molecule has 1 amide bonds. The van der Waals surface area contributed by atoms with Gasteiger partial charge in [0.2, 0.25) is 5.91 Å². The zero-order chi connectivity index (χ0) is 13.1. The number of nitrogens with one attached hydrogen (secondary N) is 2. The van der Waals surface area contributed by atoms with Gasteiger partial charge in [0.15, 0.2) is 0 Å². The molecule has 0 spiro atoms. The second kappa shape index (κ2) is 6.80. The highest BCUT2D eigenvalue weighted by atomic mass is 35.5. The third-order valence-corrected chi connectivity index (χ3v) is 3.72. The SMILES string of the molecule is CC(C)C(C)C(=O)Nc1ccc2c(c1)CCCN2.Cl. The number of fused-ring (bicyclic) bond motifs is 1. The van der Waals surface area contributed by atoms with E-state index >= 15 is 0 Å². The number of rotatable bonds is 3. The van der Waals surface area contributed by atoms with Crippen LogP contribution in [-0.2, 0) is 11.2 Å². The first-order valence-electron chi connectivity index (χ1n) is 6.75. The van der Waals surface area contributed by atoms with Gasteiger partial charge in [-0.25, -0.2) is 0 Å². The van der Waals surface area contributed by atoms with Crippen LogP contribution in [0.1, 0.15) is 32.8 Å². The van der Waals surface area contributed by atoms with Crippen molar-refractivity contribution in [3.05, 3.63) is 23.8 Å². The molecule has 3 nitrogen and oxygen atoms in total. The zero-order valence-electron chi connectivity index (χ0n) is 11.8. The van der Waals surface area contributed by atoms with Gasteiger partial charge in [0.25, 0.3) is 0 Å². The standard InChI is InChI=1S/C15H22N2O.ClH/c1-10(2)11(3)15(18)17-13-6-7-14-12(9-13)5-4-8-16-14;/h6-7,9-11,16H,4-5,8H2,1-3H3,(H,17,18);1H. The molecule has 0 fully saturated rings. The largest absolute Gasteiger partial charge is 0.385 e. The quantitative estimate of drug-likeness (QED) is 0.888. The van der Waals surface area contributed by atoms with Gasteiger partial charge in [0.05, 0.1) is 0 Å². The van der Waals surface area contributed by atoms with Gasteiger partial charge in [0.1, 0.15) is 0 Å². The molecule has 0 saturated heterocycles. The van der Waals surface area contributed by atoms with Crippen molar-refractivity contribution in [3.8, 4) is 0 Å².